The molecule has 0 heterocycles. The summed E-state index contributed by atoms with van der Waals surface area (Å²) in [4.78, 5) is 2.23. The fourth-order valence-corrected chi connectivity index (χ4v) is 1.59. The molecule has 1 N–H and O–H groups in total. The van der Waals surface area contributed by atoms with Gasteiger partial charge in [-0.25, -0.2) is 0 Å². The summed E-state index contributed by atoms with van der Waals surface area (Å²) in [7, 11) is 2.09. The molecule has 0 aliphatic carbocycles. The van der Waals surface area contributed by atoms with Crippen LogP contribution < -0.4 is 0 Å². The SMILES string of the molecule is CC(C)OCCN(C)Cc1ccc(CO)cc1. The summed E-state index contributed by atoms with van der Waals surface area (Å²) in [5.41, 5.74) is 2.22. The Bertz CT molecular complexity index is 309. The minimum Gasteiger partial charge on any atom is -0.392 e. The molecule has 17 heavy (non-hydrogen) atoms. The van der Waals surface area contributed by atoms with Crippen molar-refractivity contribution >= 4 is 0 Å². The molecule has 0 aliphatic heterocycles. The first-order valence-corrected chi connectivity index (χ1v) is 6.10. The third kappa shape index (κ3) is 5.82. The van der Waals surface area contributed by atoms with Gasteiger partial charge in [0.05, 0.1) is 19.3 Å². The number of aliphatic hydroxyl groups excluding tert-OH is 1. The van der Waals surface area contributed by atoms with Crippen LogP contribution in [0.5, 0.6) is 0 Å². The van der Waals surface area contributed by atoms with Crippen LogP contribution in [0, 0.1) is 0 Å². The van der Waals surface area contributed by atoms with E-state index in [4.69, 9.17) is 9.84 Å². The Morgan fingerprint density at radius 1 is 1.18 bits per heavy atom. The molecule has 0 atom stereocenters. The summed E-state index contributed by atoms with van der Waals surface area (Å²) in [6, 6.07) is 8.05. The molecule has 3 nitrogen and oxygen atoms in total. The van der Waals surface area contributed by atoms with Gasteiger partial charge in [-0.2, -0.15) is 0 Å². The quantitative estimate of drug-likeness (QED) is 0.787. The lowest BCUT2D eigenvalue weighted by atomic mass is 10.1. The molecule has 0 bridgehead atoms. The molecule has 0 fully saturated rings. The van der Waals surface area contributed by atoms with E-state index in [0.717, 1.165) is 25.3 Å². The van der Waals surface area contributed by atoms with Crippen molar-refractivity contribution in [3.8, 4) is 0 Å². The number of aliphatic hydroxyl groups is 1. The van der Waals surface area contributed by atoms with Crippen LogP contribution in [-0.2, 0) is 17.9 Å². The second kappa shape index (κ2) is 7.43. The van der Waals surface area contributed by atoms with Crippen molar-refractivity contribution in [2.75, 3.05) is 20.2 Å². The van der Waals surface area contributed by atoms with Crippen LogP contribution in [0.1, 0.15) is 25.0 Å². The predicted octanol–water partition coefficient (Wildman–Crippen LogP) is 2.04. The smallest absolute Gasteiger partial charge is 0.0681 e. The minimum absolute atomic E-state index is 0.109. The fourth-order valence-electron chi connectivity index (χ4n) is 1.59. The molecule has 1 aromatic carbocycles. The Morgan fingerprint density at radius 3 is 2.29 bits per heavy atom. The van der Waals surface area contributed by atoms with E-state index in [-0.39, 0.29) is 6.61 Å². The van der Waals surface area contributed by atoms with Crippen molar-refractivity contribution in [3.63, 3.8) is 0 Å². The van der Waals surface area contributed by atoms with Gasteiger partial charge in [0.15, 0.2) is 0 Å². The van der Waals surface area contributed by atoms with E-state index >= 15 is 0 Å². The van der Waals surface area contributed by atoms with E-state index in [1.54, 1.807) is 0 Å². The molecule has 0 radical (unpaired) electrons. The topological polar surface area (TPSA) is 32.7 Å². The lowest BCUT2D eigenvalue weighted by Gasteiger charge is -2.17. The molecule has 0 unspecified atom stereocenters. The second-order valence-corrected chi connectivity index (χ2v) is 4.63. The molecule has 1 aromatic rings. The maximum atomic E-state index is 8.95. The first kappa shape index (κ1) is 14.2. The molecule has 1 rings (SSSR count). The Kier molecular flexibility index (Phi) is 6.19. The first-order chi connectivity index (χ1) is 8.11. The van der Waals surface area contributed by atoms with E-state index in [0.29, 0.717) is 6.10 Å². The highest BCUT2D eigenvalue weighted by molar-refractivity contribution is 5.21. The van der Waals surface area contributed by atoms with Crippen LogP contribution in [-0.4, -0.2) is 36.3 Å². The average molecular weight is 237 g/mol. The first-order valence-electron chi connectivity index (χ1n) is 6.10. The summed E-state index contributed by atoms with van der Waals surface area (Å²) < 4.78 is 5.51. The van der Waals surface area contributed by atoms with Gasteiger partial charge in [-0.15, -0.1) is 0 Å². The summed E-state index contributed by atoms with van der Waals surface area (Å²) in [5.74, 6) is 0. The van der Waals surface area contributed by atoms with Crippen molar-refractivity contribution in [1.82, 2.24) is 4.90 Å². The fraction of sp³-hybridized carbons (Fsp3) is 0.571. The zero-order valence-corrected chi connectivity index (χ0v) is 11.0. The largest absolute Gasteiger partial charge is 0.392 e. The number of hydrogen-bond acceptors (Lipinski definition) is 3. The van der Waals surface area contributed by atoms with E-state index in [9.17, 15) is 0 Å². The van der Waals surface area contributed by atoms with E-state index < -0.39 is 0 Å². The molecule has 0 saturated heterocycles. The number of ether oxygens (including phenoxy) is 1. The maximum Gasteiger partial charge on any atom is 0.0681 e. The van der Waals surface area contributed by atoms with Gasteiger partial charge in [0.25, 0.3) is 0 Å². The monoisotopic (exact) mass is 237 g/mol. The number of likely N-dealkylation sites (N-methyl/N-ethyl adjacent to an activating group) is 1. The number of hydrogen-bond donors (Lipinski definition) is 1. The van der Waals surface area contributed by atoms with Gasteiger partial charge in [0.1, 0.15) is 0 Å². The van der Waals surface area contributed by atoms with Crippen LogP contribution in [0.3, 0.4) is 0 Å². The lowest BCUT2D eigenvalue weighted by Crippen LogP contribution is -2.23. The van der Waals surface area contributed by atoms with Crippen LogP contribution in [0.2, 0.25) is 0 Å². The molecular weight excluding hydrogens is 214 g/mol. The summed E-state index contributed by atoms with van der Waals surface area (Å²) in [6.07, 6.45) is 0.298. The highest BCUT2D eigenvalue weighted by atomic mass is 16.5. The molecule has 0 aromatic heterocycles. The van der Waals surface area contributed by atoms with Crippen LogP contribution in [0.25, 0.3) is 0 Å². The van der Waals surface area contributed by atoms with Gasteiger partial charge in [-0.3, -0.25) is 4.90 Å². The normalized spacial score (nSPS) is 11.4. The van der Waals surface area contributed by atoms with Gasteiger partial charge >= 0.3 is 0 Å². The van der Waals surface area contributed by atoms with Crippen LogP contribution >= 0.6 is 0 Å². The maximum absolute atomic E-state index is 8.95. The molecule has 0 spiro atoms. The lowest BCUT2D eigenvalue weighted by molar-refractivity contribution is 0.0627. The molecule has 0 amide bonds. The Hall–Kier alpha value is -0.900. The van der Waals surface area contributed by atoms with Crippen molar-refractivity contribution in [2.45, 2.75) is 33.1 Å². The molecule has 3 heteroatoms. The van der Waals surface area contributed by atoms with Gasteiger partial charge in [0.2, 0.25) is 0 Å². The van der Waals surface area contributed by atoms with Gasteiger partial charge < -0.3 is 9.84 Å². The van der Waals surface area contributed by atoms with Crippen molar-refractivity contribution in [1.29, 1.82) is 0 Å². The number of nitrogens with zero attached hydrogens (tertiary/aromatic N) is 1. The van der Waals surface area contributed by atoms with E-state index in [1.807, 2.05) is 26.0 Å². The van der Waals surface area contributed by atoms with Gasteiger partial charge in [0, 0.05) is 13.1 Å². The standard InChI is InChI=1S/C14H23NO2/c1-12(2)17-9-8-15(3)10-13-4-6-14(11-16)7-5-13/h4-7,12,16H,8-11H2,1-3H3. The van der Waals surface area contributed by atoms with Gasteiger partial charge in [-0.1, -0.05) is 24.3 Å². The van der Waals surface area contributed by atoms with Crippen LogP contribution in [0.4, 0.5) is 0 Å². The average Bonchev–Trinajstić information content (AvgIpc) is 2.29. The van der Waals surface area contributed by atoms with Crippen molar-refractivity contribution in [3.05, 3.63) is 35.4 Å². The molecule has 96 valence electrons. The third-order valence-corrected chi connectivity index (χ3v) is 2.58. The Balaban J connectivity index is 2.31. The highest BCUT2D eigenvalue weighted by Crippen LogP contribution is 2.06. The second-order valence-electron chi connectivity index (χ2n) is 4.63. The zero-order chi connectivity index (χ0) is 12.7. The Labute approximate surface area is 104 Å². The number of benzene rings is 1. The summed E-state index contributed by atoms with van der Waals surface area (Å²) >= 11 is 0. The third-order valence-electron chi connectivity index (χ3n) is 2.58. The Morgan fingerprint density at radius 2 is 1.76 bits per heavy atom. The van der Waals surface area contributed by atoms with Gasteiger partial charge in [-0.05, 0) is 32.0 Å². The molecule has 0 saturated carbocycles. The van der Waals surface area contributed by atoms with Crippen molar-refractivity contribution in [2.24, 2.45) is 0 Å². The molecule has 0 aliphatic rings. The minimum atomic E-state index is 0.109. The van der Waals surface area contributed by atoms with Crippen molar-refractivity contribution < 1.29 is 9.84 Å². The zero-order valence-electron chi connectivity index (χ0n) is 11.0. The molecular formula is C14H23NO2. The highest BCUT2D eigenvalue weighted by Gasteiger charge is 2.01. The number of rotatable bonds is 7. The predicted molar refractivity (Wildman–Crippen MR) is 69.8 cm³/mol. The van der Waals surface area contributed by atoms with Crippen LogP contribution in [0.15, 0.2) is 24.3 Å². The summed E-state index contributed by atoms with van der Waals surface area (Å²) in [5, 5.41) is 8.95. The van der Waals surface area contributed by atoms with E-state index in [2.05, 4.69) is 24.1 Å². The van der Waals surface area contributed by atoms with E-state index in [1.165, 1.54) is 5.56 Å². The summed E-state index contributed by atoms with van der Waals surface area (Å²) in [6.45, 7) is 6.82.